The zero-order valence-corrected chi connectivity index (χ0v) is 14.3. The Bertz CT molecular complexity index is 539. The summed E-state index contributed by atoms with van der Waals surface area (Å²) in [5.41, 5.74) is 0.444. The van der Waals surface area contributed by atoms with E-state index in [-0.39, 0.29) is 30.1 Å². The van der Waals surface area contributed by atoms with Gasteiger partial charge in [-0.2, -0.15) is 0 Å². The third-order valence-electron chi connectivity index (χ3n) is 3.69. The largest absolute Gasteiger partial charge is 0.391 e. The molecule has 1 aromatic rings. The number of amides is 2. The zero-order valence-electron chi connectivity index (χ0n) is 12.7. The van der Waals surface area contributed by atoms with E-state index in [1.54, 1.807) is 31.2 Å². The summed E-state index contributed by atoms with van der Waals surface area (Å²) in [7, 11) is 0. The van der Waals surface area contributed by atoms with Crippen LogP contribution in [0.5, 0.6) is 0 Å². The third kappa shape index (κ3) is 5.66. The quantitative estimate of drug-likeness (QED) is 0.617. The predicted molar refractivity (Wildman–Crippen MR) is 91.0 cm³/mol. The average Bonchev–Trinajstić information content (AvgIpc) is 2.90. The van der Waals surface area contributed by atoms with Gasteiger partial charge in [0.1, 0.15) is 6.04 Å². The maximum absolute atomic E-state index is 12.0. The van der Waals surface area contributed by atoms with Gasteiger partial charge < -0.3 is 21.1 Å². The van der Waals surface area contributed by atoms with Crippen molar-refractivity contribution in [1.82, 2.24) is 16.0 Å². The number of carbonyl (C=O) groups is 2. The molecule has 0 radical (unpaired) electrons. The van der Waals surface area contributed by atoms with Gasteiger partial charge in [-0.3, -0.25) is 9.59 Å². The number of benzene rings is 1. The highest BCUT2D eigenvalue weighted by molar-refractivity contribution is 6.30. The molecule has 3 unspecified atom stereocenters. The lowest BCUT2D eigenvalue weighted by Crippen LogP contribution is -2.46. The first kappa shape index (κ1) is 19.7. The predicted octanol–water partition coefficient (Wildman–Crippen LogP) is 0.577. The molecular formula is C15H21Cl2N3O3. The molecule has 0 spiro atoms. The Hall–Kier alpha value is -1.34. The SMILES string of the molecule is CC(NC(=O)c1ccc(Cl)cc1)C(=O)NCC1CNCC1O.Cl. The Morgan fingerprint density at radius 2 is 2.00 bits per heavy atom. The van der Waals surface area contributed by atoms with Gasteiger partial charge in [-0.15, -0.1) is 12.4 Å². The molecule has 0 bridgehead atoms. The van der Waals surface area contributed by atoms with E-state index in [1.807, 2.05) is 0 Å². The van der Waals surface area contributed by atoms with E-state index in [9.17, 15) is 14.7 Å². The molecule has 128 valence electrons. The smallest absolute Gasteiger partial charge is 0.251 e. The van der Waals surface area contributed by atoms with E-state index in [0.29, 0.717) is 30.2 Å². The summed E-state index contributed by atoms with van der Waals surface area (Å²) in [5, 5.41) is 18.6. The van der Waals surface area contributed by atoms with E-state index >= 15 is 0 Å². The maximum Gasteiger partial charge on any atom is 0.251 e. The van der Waals surface area contributed by atoms with Gasteiger partial charge in [0.2, 0.25) is 5.91 Å². The molecule has 2 amide bonds. The van der Waals surface area contributed by atoms with Crippen molar-refractivity contribution in [3.63, 3.8) is 0 Å². The van der Waals surface area contributed by atoms with Crippen LogP contribution in [0.2, 0.25) is 5.02 Å². The van der Waals surface area contributed by atoms with E-state index in [2.05, 4.69) is 16.0 Å². The molecule has 1 aliphatic heterocycles. The fourth-order valence-electron chi connectivity index (χ4n) is 2.26. The summed E-state index contributed by atoms with van der Waals surface area (Å²) in [6, 6.07) is 5.78. The lowest BCUT2D eigenvalue weighted by atomic mass is 10.1. The summed E-state index contributed by atoms with van der Waals surface area (Å²) in [4.78, 5) is 24.0. The van der Waals surface area contributed by atoms with Gasteiger partial charge in [0.15, 0.2) is 0 Å². The number of aliphatic hydroxyl groups is 1. The van der Waals surface area contributed by atoms with Crippen LogP contribution in [-0.2, 0) is 4.79 Å². The molecule has 1 aliphatic rings. The molecule has 1 saturated heterocycles. The fourth-order valence-corrected chi connectivity index (χ4v) is 2.39. The second kappa shape index (κ2) is 9.08. The van der Waals surface area contributed by atoms with Crippen LogP contribution in [0.1, 0.15) is 17.3 Å². The Morgan fingerprint density at radius 1 is 1.35 bits per heavy atom. The van der Waals surface area contributed by atoms with E-state index < -0.39 is 12.1 Å². The van der Waals surface area contributed by atoms with Crippen molar-refractivity contribution in [3.05, 3.63) is 34.9 Å². The molecule has 6 nitrogen and oxygen atoms in total. The van der Waals surface area contributed by atoms with Crippen molar-refractivity contribution in [3.8, 4) is 0 Å². The normalized spacial score (nSPS) is 21.2. The number of β-amino-alcohol motifs (C(OH)–C–C–N with tert-alkyl or cyclic N) is 1. The molecule has 0 saturated carbocycles. The summed E-state index contributed by atoms with van der Waals surface area (Å²) in [6.45, 7) is 3.22. The number of rotatable bonds is 5. The summed E-state index contributed by atoms with van der Waals surface area (Å²) >= 11 is 5.77. The molecule has 3 atom stereocenters. The van der Waals surface area contributed by atoms with Gasteiger partial charge in [0, 0.05) is 36.1 Å². The van der Waals surface area contributed by atoms with Crippen molar-refractivity contribution in [2.24, 2.45) is 5.92 Å². The number of nitrogens with one attached hydrogen (secondary N) is 3. The molecular weight excluding hydrogens is 341 g/mol. The van der Waals surface area contributed by atoms with Crippen molar-refractivity contribution >= 4 is 35.8 Å². The lowest BCUT2D eigenvalue weighted by Gasteiger charge is -2.17. The van der Waals surface area contributed by atoms with Gasteiger partial charge in [0.25, 0.3) is 5.91 Å². The van der Waals surface area contributed by atoms with Crippen molar-refractivity contribution in [2.75, 3.05) is 19.6 Å². The second-order valence-corrected chi connectivity index (χ2v) is 5.87. The van der Waals surface area contributed by atoms with Gasteiger partial charge in [-0.05, 0) is 31.2 Å². The van der Waals surface area contributed by atoms with Gasteiger partial charge in [-0.1, -0.05) is 11.6 Å². The molecule has 0 aliphatic carbocycles. The Kier molecular flexibility index (Phi) is 7.78. The molecule has 4 N–H and O–H groups in total. The number of hydrogen-bond donors (Lipinski definition) is 4. The summed E-state index contributed by atoms with van der Waals surface area (Å²) in [6.07, 6.45) is -0.445. The highest BCUT2D eigenvalue weighted by atomic mass is 35.5. The standard InChI is InChI=1S/C15H20ClN3O3.ClH/c1-9(14(21)18-7-11-6-17-8-13(11)20)19-15(22)10-2-4-12(16)5-3-10;/h2-5,9,11,13,17,20H,6-8H2,1H3,(H,18,21)(H,19,22);1H. The maximum atomic E-state index is 12.0. The number of halogens is 2. The molecule has 1 aromatic carbocycles. The first-order valence-corrected chi connectivity index (χ1v) is 7.58. The topological polar surface area (TPSA) is 90.5 Å². The number of hydrogen-bond acceptors (Lipinski definition) is 4. The van der Waals surface area contributed by atoms with Gasteiger partial charge >= 0.3 is 0 Å². The minimum absolute atomic E-state index is 0. The highest BCUT2D eigenvalue weighted by Gasteiger charge is 2.26. The Labute approximate surface area is 146 Å². The average molecular weight is 362 g/mol. The van der Waals surface area contributed by atoms with Crippen LogP contribution in [0.25, 0.3) is 0 Å². The second-order valence-electron chi connectivity index (χ2n) is 5.43. The summed E-state index contributed by atoms with van der Waals surface area (Å²) < 4.78 is 0. The van der Waals surface area contributed by atoms with Crippen LogP contribution in [0.15, 0.2) is 24.3 Å². The van der Waals surface area contributed by atoms with Crippen LogP contribution in [-0.4, -0.2) is 48.7 Å². The molecule has 2 rings (SSSR count). The van der Waals surface area contributed by atoms with Gasteiger partial charge in [-0.25, -0.2) is 0 Å². The minimum Gasteiger partial charge on any atom is -0.391 e. The van der Waals surface area contributed by atoms with Crippen molar-refractivity contribution in [1.29, 1.82) is 0 Å². The number of carbonyl (C=O) groups excluding carboxylic acids is 2. The highest BCUT2D eigenvalue weighted by Crippen LogP contribution is 2.10. The molecule has 1 heterocycles. The first-order chi connectivity index (χ1) is 10.5. The van der Waals surface area contributed by atoms with Crippen LogP contribution in [0.4, 0.5) is 0 Å². The van der Waals surface area contributed by atoms with Crippen LogP contribution < -0.4 is 16.0 Å². The Balaban J connectivity index is 0.00000264. The molecule has 8 heteroatoms. The molecule has 0 aromatic heterocycles. The third-order valence-corrected chi connectivity index (χ3v) is 3.94. The fraction of sp³-hybridized carbons (Fsp3) is 0.467. The zero-order chi connectivity index (χ0) is 16.1. The molecule has 1 fully saturated rings. The van der Waals surface area contributed by atoms with Crippen molar-refractivity contribution < 1.29 is 14.7 Å². The summed E-state index contributed by atoms with van der Waals surface area (Å²) in [5.74, 6) is -0.605. The lowest BCUT2D eigenvalue weighted by molar-refractivity contribution is -0.122. The van der Waals surface area contributed by atoms with Gasteiger partial charge in [0.05, 0.1) is 6.10 Å². The van der Waals surface area contributed by atoms with E-state index in [4.69, 9.17) is 11.6 Å². The monoisotopic (exact) mass is 361 g/mol. The van der Waals surface area contributed by atoms with Crippen LogP contribution in [0.3, 0.4) is 0 Å². The van der Waals surface area contributed by atoms with Crippen LogP contribution in [0, 0.1) is 5.92 Å². The number of aliphatic hydroxyl groups excluding tert-OH is 1. The van der Waals surface area contributed by atoms with E-state index in [0.717, 1.165) is 0 Å². The van der Waals surface area contributed by atoms with Crippen LogP contribution >= 0.6 is 24.0 Å². The molecule has 23 heavy (non-hydrogen) atoms. The first-order valence-electron chi connectivity index (χ1n) is 7.20. The van der Waals surface area contributed by atoms with Crippen molar-refractivity contribution in [2.45, 2.75) is 19.1 Å². The minimum atomic E-state index is -0.658. The Morgan fingerprint density at radius 3 is 2.57 bits per heavy atom. The van der Waals surface area contributed by atoms with E-state index in [1.165, 1.54) is 0 Å².